The van der Waals surface area contributed by atoms with E-state index in [-0.39, 0.29) is 49.6 Å². The Hall–Kier alpha value is -1.77. The van der Waals surface area contributed by atoms with E-state index in [2.05, 4.69) is 13.8 Å². The third kappa shape index (κ3) is 18.4. The average molecular weight is 583 g/mol. The maximum absolute atomic E-state index is 12.4. The van der Waals surface area contributed by atoms with E-state index < -0.39 is 24.3 Å². The molecule has 3 N–H and O–H groups in total. The Morgan fingerprint density at radius 1 is 0.805 bits per heavy atom. The van der Waals surface area contributed by atoms with Crippen LogP contribution in [0.2, 0.25) is 0 Å². The number of carbonyl (C=O) groups is 3. The van der Waals surface area contributed by atoms with Crippen LogP contribution >= 0.6 is 0 Å². The molecule has 8 nitrogen and oxygen atoms in total. The molecule has 0 aromatic rings. The van der Waals surface area contributed by atoms with Crippen molar-refractivity contribution in [1.29, 1.82) is 0 Å². The highest BCUT2D eigenvalue weighted by molar-refractivity contribution is 5.84. The highest BCUT2D eigenvalue weighted by Crippen LogP contribution is 2.34. The number of unbranched alkanes of at least 4 members (excludes halogenated alkanes) is 11. The molecule has 0 aliphatic heterocycles. The lowest BCUT2D eigenvalue weighted by molar-refractivity contribution is -0.152. The molecule has 238 valence electrons. The van der Waals surface area contributed by atoms with Gasteiger partial charge in [-0.05, 0) is 25.7 Å². The summed E-state index contributed by atoms with van der Waals surface area (Å²) >= 11 is 0. The Morgan fingerprint density at radius 2 is 1.32 bits per heavy atom. The highest BCUT2D eigenvalue weighted by atomic mass is 16.6. The number of Topliss-reactive ketones (excluding diaryl/α,β-unsaturated/α-hetero) is 1. The minimum atomic E-state index is -1.03. The number of aliphatic hydroxyl groups is 3. The van der Waals surface area contributed by atoms with Crippen LogP contribution in [0.4, 0.5) is 0 Å². The van der Waals surface area contributed by atoms with Crippen LogP contribution in [-0.4, -0.2) is 64.6 Å². The maximum Gasteiger partial charge on any atom is 0.305 e. The van der Waals surface area contributed by atoms with Gasteiger partial charge in [-0.25, -0.2) is 0 Å². The summed E-state index contributed by atoms with van der Waals surface area (Å²) in [7, 11) is 0. The van der Waals surface area contributed by atoms with Crippen molar-refractivity contribution in [2.24, 2.45) is 11.8 Å². The number of ether oxygens (including phenoxy) is 2. The molecule has 8 heteroatoms. The summed E-state index contributed by atoms with van der Waals surface area (Å²) in [5, 5.41) is 30.4. The van der Waals surface area contributed by atoms with Gasteiger partial charge in [-0.3, -0.25) is 14.4 Å². The van der Waals surface area contributed by atoms with E-state index in [0.717, 1.165) is 57.8 Å². The number of ketones is 1. The second kappa shape index (κ2) is 23.8. The number of esters is 2. The summed E-state index contributed by atoms with van der Waals surface area (Å²) in [6.07, 6.45) is 17.5. The monoisotopic (exact) mass is 582 g/mol. The van der Waals surface area contributed by atoms with Gasteiger partial charge in [-0.2, -0.15) is 0 Å². The smallest absolute Gasteiger partial charge is 0.305 e. The van der Waals surface area contributed by atoms with Crippen molar-refractivity contribution in [2.75, 3.05) is 13.2 Å². The molecule has 41 heavy (non-hydrogen) atoms. The third-order valence-electron chi connectivity index (χ3n) is 7.90. The molecule has 1 rings (SSSR count). The Kier molecular flexibility index (Phi) is 21.6. The molecule has 0 radical (unpaired) electrons. The number of hydrogen-bond donors (Lipinski definition) is 3. The van der Waals surface area contributed by atoms with Gasteiger partial charge in [-0.1, -0.05) is 103 Å². The summed E-state index contributed by atoms with van der Waals surface area (Å²) in [5.41, 5.74) is 0. The zero-order chi connectivity index (χ0) is 30.3. The molecule has 1 saturated carbocycles. The normalized spacial score (nSPS) is 20.4. The van der Waals surface area contributed by atoms with E-state index in [9.17, 15) is 29.7 Å². The second-order valence-electron chi connectivity index (χ2n) is 11.7. The van der Waals surface area contributed by atoms with Crippen LogP contribution in [0, 0.1) is 11.8 Å². The van der Waals surface area contributed by atoms with Gasteiger partial charge < -0.3 is 24.8 Å². The van der Waals surface area contributed by atoms with Crippen molar-refractivity contribution >= 4 is 17.7 Å². The van der Waals surface area contributed by atoms with E-state index in [1.54, 1.807) is 6.08 Å². The first-order valence-electron chi connectivity index (χ1n) is 16.3. The fourth-order valence-electron chi connectivity index (χ4n) is 5.33. The molecule has 5 atom stereocenters. The SMILES string of the molecule is CCCCCCCCCC(=O)OC[C@H](O)COC(=O)CCCCCC[C@H]1C(=O)C[C@@H](O)[C@@H]1/C=C/[C@@H](O)CCCCC. The Morgan fingerprint density at radius 3 is 1.90 bits per heavy atom. The van der Waals surface area contributed by atoms with Crippen LogP contribution in [0.25, 0.3) is 0 Å². The van der Waals surface area contributed by atoms with Crippen LogP contribution < -0.4 is 0 Å². The number of carbonyl (C=O) groups excluding carboxylic acids is 3. The van der Waals surface area contributed by atoms with Crippen molar-refractivity contribution in [3.8, 4) is 0 Å². The number of aliphatic hydroxyl groups excluding tert-OH is 3. The Balaban J connectivity index is 2.12. The first kappa shape index (κ1) is 37.3. The van der Waals surface area contributed by atoms with Crippen LogP contribution in [0.3, 0.4) is 0 Å². The van der Waals surface area contributed by atoms with Crippen molar-refractivity contribution in [3.05, 3.63) is 12.2 Å². The topological polar surface area (TPSA) is 130 Å². The lowest BCUT2D eigenvalue weighted by Crippen LogP contribution is -2.25. The van der Waals surface area contributed by atoms with Crippen LogP contribution in [0.1, 0.15) is 136 Å². The zero-order valence-electron chi connectivity index (χ0n) is 25.8. The van der Waals surface area contributed by atoms with Crippen molar-refractivity contribution < 1.29 is 39.2 Å². The first-order chi connectivity index (χ1) is 19.8. The first-order valence-corrected chi connectivity index (χ1v) is 16.3. The third-order valence-corrected chi connectivity index (χ3v) is 7.90. The standard InChI is InChI=1S/C33H58O8/c1-3-5-7-8-9-10-15-19-32(38)40-24-27(35)25-41-33(39)20-16-12-11-14-18-28-29(31(37)23-30(28)36)22-21-26(34)17-13-6-4-2/h21-22,26-29,31,34-35,37H,3-20,23-25H2,1-2H3/b22-21+/t26-,27-,28+,29+,31+/m0/s1. The van der Waals surface area contributed by atoms with Gasteiger partial charge in [0.05, 0.1) is 12.2 Å². The van der Waals surface area contributed by atoms with E-state index in [1.165, 1.54) is 25.7 Å². The van der Waals surface area contributed by atoms with Crippen LogP contribution in [0.15, 0.2) is 12.2 Å². The zero-order valence-corrected chi connectivity index (χ0v) is 25.8. The van der Waals surface area contributed by atoms with Gasteiger partial charge in [0.2, 0.25) is 0 Å². The van der Waals surface area contributed by atoms with Gasteiger partial charge in [0.1, 0.15) is 25.1 Å². The van der Waals surface area contributed by atoms with Gasteiger partial charge in [0, 0.05) is 31.1 Å². The maximum atomic E-state index is 12.4. The summed E-state index contributed by atoms with van der Waals surface area (Å²) in [6, 6.07) is 0. The second-order valence-corrected chi connectivity index (χ2v) is 11.7. The minimum absolute atomic E-state index is 0.0817. The molecule has 0 saturated heterocycles. The molecule has 1 aliphatic rings. The van der Waals surface area contributed by atoms with E-state index in [1.807, 2.05) is 6.08 Å². The molecule has 0 unspecified atom stereocenters. The molecule has 0 amide bonds. The molecule has 0 bridgehead atoms. The number of hydrogen-bond acceptors (Lipinski definition) is 8. The number of rotatable bonds is 25. The molecular formula is C33H58O8. The largest absolute Gasteiger partial charge is 0.463 e. The molecule has 0 heterocycles. The van der Waals surface area contributed by atoms with Gasteiger partial charge >= 0.3 is 11.9 Å². The molecule has 0 spiro atoms. The van der Waals surface area contributed by atoms with Crippen LogP contribution in [0.5, 0.6) is 0 Å². The van der Waals surface area contributed by atoms with E-state index in [0.29, 0.717) is 25.7 Å². The average Bonchev–Trinajstić information content (AvgIpc) is 3.22. The molecule has 0 aromatic heterocycles. The van der Waals surface area contributed by atoms with Crippen molar-refractivity contribution in [2.45, 2.75) is 154 Å². The molecule has 1 aliphatic carbocycles. The van der Waals surface area contributed by atoms with Gasteiger partial charge in [-0.15, -0.1) is 0 Å². The highest BCUT2D eigenvalue weighted by Gasteiger charge is 2.39. The summed E-state index contributed by atoms with van der Waals surface area (Å²) in [6.45, 7) is 3.93. The van der Waals surface area contributed by atoms with E-state index >= 15 is 0 Å². The van der Waals surface area contributed by atoms with Gasteiger partial charge in [0.15, 0.2) is 0 Å². The predicted octanol–water partition coefficient (Wildman–Crippen LogP) is 5.98. The lowest BCUT2D eigenvalue weighted by atomic mass is 9.88. The fourth-order valence-corrected chi connectivity index (χ4v) is 5.33. The van der Waals surface area contributed by atoms with Crippen molar-refractivity contribution in [3.63, 3.8) is 0 Å². The van der Waals surface area contributed by atoms with E-state index in [4.69, 9.17) is 9.47 Å². The molecular weight excluding hydrogens is 524 g/mol. The summed E-state index contributed by atoms with van der Waals surface area (Å²) < 4.78 is 10.2. The summed E-state index contributed by atoms with van der Waals surface area (Å²) in [4.78, 5) is 36.2. The molecule has 0 aromatic carbocycles. The quantitative estimate of drug-likeness (QED) is 0.0681. The van der Waals surface area contributed by atoms with Crippen LogP contribution in [-0.2, 0) is 23.9 Å². The predicted molar refractivity (Wildman–Crippen MR) is 160 cm³/mol. The summed E-state index contributed by atoms with van der Waals surface area (Å²) in [5.74, 6) is -1.11. The Labute approximate surface area is 248 Å². The van der Waals surface area contributed by atoms with Crippen molar-refractivity contribution in [1.82, 2.24) is 0 Å². The van der Waals surface area contributed by atoms with Gasteiger partial charge in [0.25, 0.3) is 0 Å². The molecule has 1 fully saturated rings. The fraction of sp³-hybridized carbons (Fsp3) is 0.848. The lowest BCUT2D eigenvalue weighted by Gasteiger charge is -2.18. The minimum Gasteiger partial charge on any atom is -0.463 e. The Bertz CT molecular complexity index is 737.